The summed E-state index contributed by atoms with van der Waals surface area (Å²) in [5.74, 6) is -1.41. The minimum absolute atomic E-state index is 0.0409. The van der Waals surface area contributed by atoms with Crippen molar-refractivity contribution in [2.45, 2.75) is 19.3 Å². The number of nitrogens with zero attached hydrogens (tertiary/aromatic N) is 1. The van der Waals surface area contributed by atoms with E-state index in [0.29, 0.717) is 17.8 Å². The summed E-state index contributed by atoms with van der Waals surface area (Å²) in [5, 5.41) is 2.66. The highest BCUT2D eigenvalue weighted by atomic mass is 35.5. The smallest absolute Gasteiger partial charge is 0.260 e. The monoisotopic (exact) mass is 422 g/mol. The van der Waals surface area contributed by atoms with E-state index in [1.54, 1.807) is 24.3 Å². The topological polar surface area (TPSA) is 49.4 Å². The molecule has 4 nitrogen and oxygen atoms in total. The molecule has 0 spiro atoms. The first-order valence-corrected chi connectivity index (χ1v) is 10.2. The minimum atomic E-state index is -0.688. The van der Waals surface area contributed by atoms with Crippen molar-refractivity contribution in [3.63, 3.8) is 0 Å². The molecule has 2 amide bonds. The zero-order valence-corrected chi connectivity index (χ0v) is 17.0. The molecule has 0 bridgehead atoms. The molecule has 0 atom stereocenters. The van der Waals surface area contributed by atoms with Crippen molar-refractivity contribution >= 4 is 34.8 Å². The summed E-state index contributed by atoms with van der Waals surface area (Å²) in [6.07, 6.45) is 2.95. The number of anilines is 2. The lowest BCUT2D eigenvalue weighted by atomic mass is 10.1. The van der Waals surface area contributed by atoms with E-state index in [9.17, 15) is 14.0 Å². The van der Waals surface area contributed by atoms with Crippen molar-refractivity contribution in [1.29, 1.82) is 0 Å². The average molecular weight is 423 g/mol. The third-order valence-corrected chi connectivity index (χ3v) is 5.50. The Kier molecular flexibility index (Phi) is 5.81. The SMILES string of the molecule is O=C(Nc1ccc(C(=O)N2CCCCc3ccccc32)cc1)c1c(F)cccc1Cl. The highest BCUT2D eigenvalue weighted by molar-refractivity contribution is 6.34. The molecule has 1 aliphatic heterocycles. The van der Waals surface area contributed by atoms with Crippen molar-refractivity contribution in [3.8, 4) is 0 Å². The van der Waals surface area contributed by atoms with Gasteiger partial charge >= 0.3 is 0 Å². The van der Waals surface area contributed by atoms with Gasteiger partial charge in [-0.1, -0.05) is 35.9 Å². The molecule has 6 heteroatoms. The fourth-order valence-corrected chi connectivity index (χ4v) is 3.91. The zero-order chi connectivity index (χ0) is 21.1. The lowest BCUT2D eigenvalue weighted by Gasteiger charge is -2.23. The predicted molar refractivity (Wildman–Crippen MR) is 117 cm³/mol. The molecule has 30 heavy (non-hydrogen) atoms. The third-order valence-electron chi connectivity index (χ3n) is 5.18. The lowest BCUT2D eigenvalue weighted by Crippen LogP contribution is -2.31. The van der Waals surface area contributed by atoms with Gasteiger partial charge in [0.05, 0.1) is 10.6 Å². The predicted octanol–water partition coefficient (Wildman–Crippen LogP) is 5.71. The Hall–Kier alpha value is -3.18. The van der Waals surface area contributed by atoms with E-state index in [1.165, 1.54) is 23.8 Å². The van der Waals surface area contributed by atoms with Gasteiger partial charge in [-0.15, -0.1) is 0 Å². The highest BCUT2D eigenvalue weighted by Crippen LogP contribution is 2.28. The fraction of sp³-hybridized carbons (Fsp3) is 0.167. The van der Waals surface area contributed by atoms with Crippen LogP contribution in [0.25, 0.3) is 0 Å². The summed E-state index contributed by atoms with van der Waals surface area (Å²) in [6.45, 7) is 0.667. The number of para-hydroxylation sites is 1. The van der Waals surface area contributed by atoms with Gasteiger partial charge < -0.3 is 10.2 Å². The average Bonchev–Trinajstić information content (AvgIpc) is 2.96. The third kappa shape index (κ3) is 4.07. The number of benzene rings is 3. The number of hydrogen-bond acceptors (Lipinski definition) is 2. The zero-order valence-electron chi connectivity index (χ0n) is 16.2. The van der Waals surface area contributed by atoms with Crippen LogP contribution in [0.5, 0.6) is 0 Å². The van der Waals surface area contributed by atoms with Crippen molar-refractivity contribution in [2.24, 2.45) is 0 Å². The summed E-state index contributed by atoms with van der Waals surface area (Å²) in [4.78, 5) is 27.3. The van der Waals surface area contributed by atoms with Crippen LogP contribution in [0, 0.1) is 5.82 Å². The van der Waals surface area contributed by atoms with Gasteiger partial charge in [0.1, 0.15) is 5.82 Å². The van der Waals surface area contributed by atoms with Crippen LogP contribution in [0.4, 0.5) is 15.8 Å². The van der Waals surface area contributed by atoms with Gasteiger partial charge in [-0.05, 0) is 67.3 Å². The highest BCUT2D eigenvalue weighted by Gasteiger charge is 2.22. The number of nitrogens with one attached hydrogen (secondary N) is 1. The Morgan fingerprint density at radius 3 is 2.47 bits per heavy atom. The Labute approximate surface area is 179 Å². The summed E-state index contributed by atoms with van der Waals surface area (Å²) < 4.78 is 13.9. The molecule has 3 aromatic carbocycles. The second-order valence-corrected chi connectivity index (χ2v) is 7.58. The molecular formula is C24H20ClFN2O2. The van der Waals surface area contributed by atoms with Crippen molar-refractivity contribution in [1.82, 2.24) is 0 Å². The lowest BCUT2D eigenvalue weighted by molar-refractivity contribution is 0.0985. The molecule has 0 saturated carbocycles. The number of fused-ring (bicyclic) bond motifs is 1. The van der Waals surface area contributed by atoms with E-state index in [1.807, 2.05) is 23.1 Å². The van der Waals surface area contributed by atoms with Crippen LogP contribution in [0.3, 0.4) is 0 Å². The van der Waals surface area contributed by atoms with Crippen LogP contribution < -0.4 is 10.2 Å². The minimum Gasteiger partial charge on any atom is -0.322 e. The second kappa shape index (κ2) is 8.67. The number of carbonyl (C=O) groups excluding carboxylic acids is 2. The maximum Gasteiger partial charge on any atom is 0.260 e. The standard InChI is InChI=1S/C24H20ClFN2O2/c25-19-8-5-9-20(26)22(19)23(29)27-18-13-11-17(12-14-18)24(30)28-15-4-3-7-16-6-1-2-10-21(16)28/h1-2,5-6,8-14H,3-4,7,15H2,(H,27,29). The van der Waals surface area contributed by atoms with Crippen LogP contribution in [0.2, 0.25) is 5.02 Å². The summed E-state index contributed by atoms with van der Waals surface area (Å²) in [7, 11) is 0. The van der Waals surface area contributed by atoms with E-state index in [-0.39, 0.29) is 16.5 Å². The van der Waals surface area contributed by atoms with Crippen molar-refractivity contribution < 1.29 is 14.0 Å². The van der Waals surface area contributed by atoms with E-state index >= 15 is 0 Å². The normalized spacial score (nSPS) is 13.3. The molecule has 4 rings (SSSR count). The quantitative estimate of drug-likeness (QED) is 0.587. The molecule has 3 aromatic rings. The Balaban J connectivity index is 1.53. The first kappa shape index (κ1) is 20.1. The first-order chi connectivity index (χ1) is 14.5. The second-order valence-electron chi connectivity index (χ2n) is 7.17. The van der Waals surface area contributed by atoms with Crippen LogP contribution in [-0.2, 0) is 6.42 Å². The fourth-order valence-electron chi connectivity index (χ4n) is 3.66. The van der Waals surface area contributed by atoms with E-state index in [0.717, 1.165) is 24.9 Å². The molecule has 0 unspecified atom stereocenters. The largest absolute Gasteiger partial charge is 0.322 e. The molecule has 0 fully saturated rings. The summed E-state index contributed by atoms with van der Waals surface area (Å²) >= 11 is 5.95. The van der Waals surface area contributed by atoms with Gasteiger partial charge in [0.15, 0.2) is 0 Å². The van der Waals surface area contributed by atoms with Gasteiger partial charge in [0, 0.05) is 23.5 Å². The number of halogens is 2. The molecule has 1 aliphatic rings. The Morgan fingerprint density at radius 1 is 0.933 bits per heavy atom. The van der Waals surface area contributed by atoms with Gasteiger partial charge in [-0.3, -0.25) is 9.59 Å². The van der Waals surface area contributed by atoms with E-state index in [4.69, 9.17) is 11.6 Å². The van der Waals surface area contributed by atoms with Crippen LogP contribution in [0.1, 0.15) is 39.1 Å². The number of hydrogen-bond donors (Lipinski definition) is 1. The molecule has 1 N–H and O–H groups in total. The van der Waals surface area contributed by atoms with Crippen LogP contribution in [0.15, 0.2) is 66.7 Å². The molecular weight excluding hydrogens is 403 g/mol. The molecule has 0 aromatic heterocycles. The van der Waals surface area contributed by atoms with Gasteiger partial charge in [-0.2, -0.15) is 0 Å². The van der Waals surface area contributed by atoms with Crippen molar-refractivity contribution in [2.75, 3.05) is 16.8 Å². The van der Waals surface area contributed by atoms with E-state index in [2.05, 4.69) is 11.4 Å². The number of amides is 2. The Bertz CT molecular complexity index is 1080. The Morgan fingerprint density at radius 2 is 1.70 bits per heavy atom. The van der Waals surface area contributed by atoms with Crippen molar-refractivity contribution in [3.05, 3.63) is 94.3 Å². The maximum absolute atomic E-state index is 13.9. The summed E-state index contributed by atoms with van der Waals surface area (Å²) in [6, 6.07) is 18.6. The van der Waals surface area contributed by atoms with Crippen LogP contribution >= 0.6 is 11.6 Å². The molecule has 0 saturated heterocycles. The maximum atomic E-state index is 13.9. The van der Waals surface area contributed by atoms with Gasteiger partial charge in [0.25, 0.3) is 11.8 Å². The molecule has 152 valence electrons. The van der Waals surface area contributed by atoms with Crippen LogP contribution in [-0.4, -0.2) is 18.4 Å². The number of carbonyl (C=O) groups is 2. The molecule has 1 heterocycles. The number of aryl methyl sites for hydroxylation is 1. The first-order valence-electron chi connectivity index (χ1n) is 9.80. The number of rotatable bonds is 3. The summed E-state index contributed by atoms with van der Waals surface area (Å²) in [5.41, 5.74) is 2.89. The van der Waals surface area contributed by atoms with E-state index < -0.39 is 11.7 Å². The van der Waals surface area contributed by atoms with Gasteiger partial charge in [0.2, 0.25) is 0 Å². The molecule has 0 aliphatic carbocycles. The molecule has 0 radical (unpaired) electrons. The van der Waals surface area contributed by atoms with Gasteiger partial charge in [-0.25, -0.2) is 4.39 Å².